The van der Waals surface area contributed by atoms with Gasteiger partial charge in [0.2, 0.25) is 0 Å². The zero-order valence-corrected chi connectivity index (χ0v) is 12.6. The van der Waals surface area contributed by atoms with Crippen molar-refractivity contribution in [3.8, 4) is 0 Å². The second-order valence-electron chi connectivity index (χ2n) is 4.98. The zero-order valence-electron chi connectivity index (χ0n) is 11.9. The molecule has 0 saturated carbocycles. The molecule has 1 unspecified atom stereocenters. The molecule has 0 aromatic heterocycles. The quantitative estimate of drug-likeness (QED) is 0.800. The summed E-state index contributed by atoms with van der Waals surface area (Å²) in [5, 5.41) is 4.08. The van der Waals surface area contributed by atoms with Crippen LogP contribution in [-0.2, 0) is 6.42 Å². The molecule has 0 spiro atoms. The van der Waals surface area contributed by atoms with Gasteiger partial charge in [-0.1, -0.05) is 42.8 Å². The van der Waals surface area contributed by atoms with Crippen LogP contribution in [0.4, 0.5) is 8.78 Å². The summed E-state index contributed by atoms with van der Waals surface area (Å²) in [6.07, 6.45) is 1.54. The van der Waals surface area contributed by atoms with Crippen LogP contribution in [0.5, 0.6) is 0 Å². The lowest BCUT2D eigenvalue weighted by Crippen LogP contribution is -2.24. The van der Waals surface area contributed by atoms with Crippen molar-refractivity contribution in [2.45, 2.75) is 25.8 Å². The average Bonchev–Trinajstić information content (AvgIpc) is 2.48. The molecule has 2 aromatic carbocycles. The number of hydrogen-bond acceptors (Lipinski definition) is 1. The molecule has 1 nitrogen and oxygen atoms in total. The van der Waals surface area contributed by atoms with Gasteiger partial charge in [-0.05, 0) is 48.7 Å². The van der Waals surface area contributed by atoms with Crippen LogP contribution in [0.15, 0.2) is 42.5 Å². The number of hydrogen-bond donors (Lipinski definition) is 1. The third-order valence-corrected chi connectivity index (χ3v) is 3.69. The van der Waals surface area contributed by atoms with E-state index in [-0.39, 0.29) is 6.04 Å². The Bertz CT molecular complexity index is 601. The molecule has 21 heavy (non-hydrogen) atoms. The molecule has 0 fully saturated rings. The van der Waals surface area contributed by atoms with Gasteiger partial charge in [0.05, 0.1) is 0 Å². The van der Waals surface area contributed by atoms with Crippen LogP contribution in [0.3, 0.4) is 0 Å². The van der Waals surface area contributed by atoms with E-state index in [4.69, 9.17) is 11.6 Å². The Morgan fingerprint density at radius 3 is 2.52 bits per heavy atom. The standard InChI is InChI=1S/C17H18ClF2N/c1-2-9-21-17(13-5-3-4-6-14(13)18)11-12-7-8-15(19)16(20)10-12/h3-8,10,17,21H,2,9,11H2,1H3. The van der Waals surface area contributed by atoms with Crippen molar-refractivity contribution in [1.29, 1.82) is 0 Å². The van der Waals surface area contributed by atoms with Crippen LogP contribution in [0, 0.1) is 11.6 Å². The molecule has 0 radical (unpaired) electrons. The van der Waals surface area contributed by atoms with E-state index < -0.39 is 11.6 Å². The first-order valence-corrected chi connectivity index (χ1v) is 7.41. The van der Waals surface area contributed by atoms with E-state index in [9.17, 15) is 8.78 Å². The molecule has 0 aliphatic heterocycles. The van der Waals surface area contributed by atoms with Crippen molar-refractivity contribution in [1.82, 2.24) is 5.32 Å². The van der Waals surface area contributed by atoms with E-state index in [2.05, 4.69) is 12.2 Å². The lowest BCUT2D eigenvalue weighted by molar-refractivity contribution is 0.500. The van der Waals surface area contributed by atoms with Crippen LogP contribution < -0.4 is 5.32 Å². The Balaban J connectivity index is 2.24. The molecule has 0 saturated heterocycles. The van der Waals surface area contributed by atoms with Crippen molar-refractivity contribution in [2.24, 2.45) is 0 Å². The first-order valence-electron chi connectivity index (χ1n) is 7.03. The zero-order chi connectivity index (χ0) is 15.2. The molecular weight excluding hydrogens is 292 g/mol. The highest BCUT2D eigenvalue weighted by molar-refractivity contribution is 6.31. The molecule has 4 heteroatoms. The van der Waals surface area contributed by atoms with Crippen LogP contribution in [0.1, 0.15) is 30.5 Å². The minimum atomic E-state index is -0.824. The Kier molecular flexibility index (Phi) is 5.71. The molecule has 0 bridgehead atoms. The van der Waals surface area contributed by atoms with E-state index in [0.29, 0.717) is 11.4 Å². The van der Waals surface area contributed by atoms with Gasteiger partial charge in [-0.15, -0.1) is 0 Å². The highest BCUT2D eigenvalue weighted by Gasteiger charge is 2.15. The molecule has 0 aliphatic carbocycles. The fourth-order valence-electron chi connectivity index (χ4n) is 2.27. The van der Waals surface area contributed by atoms with Gasteiger partial charge in [-0.25, -0.2) is 8.78 Å². The second kappa shape index (κ2) is 7.53. The first kappa shape index (κ1) is 15.9. The number of rotatable bonds is 6. The van der Waals surface area contributed by atoms with Crippen molar-refractivity contribution in [2.75, 3.05) is 6.54 Å². The summed E-state index contributed by atoms with van der Waals surface area (Å²) < 4.78 is 26.4. The van der Waals surface area contributed by atoms with E-state index in [1.54, 1.807) is 6.07 Å². The van der Waals surface area contributed by atoms with Crippen molar-refractivity contribution >= 4 is 11.6 Å². The lowest BCUT2D eigenvalue weighted by atomic mass is 9.98. The summed E-state index contributed by atoms with van der Waals surface area (Å²) >= 11 is 6.25. The number of nitrogens with one attached hydrogen (secondary N) is 1. The highest BCUT2D eigenvalue weighted by atomic mass is 35.5. The Morgan fingerprint density at radius 1 is 1.10 bits per heavy atom. The number of benzene rings is 2. The van der Waals surface area contributed by atoms with Gasteiger partial charge < -0.3 is 5.32 Å². The smallest absolute Gasteiger partial charge is 0.159 e. The predicted molar refractivity (Wildman–Crippen MR) is 82.5 cm³/mol. The van der Waals surface area contributed by atoms with E-state index in [1.165, 1.54) is 6.07 Å². The van der Waals surface area contributed by atoms with Crippen LogP contribution in [0.25, 0.3) is 0 Å². The third kappa shape index (κ3) is 4.26. The Morgan fingerprint density at radius 2 is 1.86 bits per heavy atom. The van der Waals surface area contributed by atoms with Crippen LogP contribution in [-0.4, -0.2) is 6.54 Å². The Hall–Kier alpha value is -1.45. The van der Waals surface area contributed by atoms with Crippen molar-refractivity contribution < 1.29 is 8.78 Å². The first-order chi connectivity index (χ1) is 10.1. The minimum Gasteiger partial charge on any atom is -0.310 e. The highest BCUT2D eigenvalue weighted by Crippen LogP contribution is 2.26. The van der Waals surface area contributed by atoms with Crippen LogP contribution in [0.2, 0.25) is 5.02 Å². The summed E-state index contributed by atoms with van der Waals surface area (Å²) in [4.78, 5) is 0. The molecule has 0 heterocycles. The molecule has 0 aliphatic rings. The van der Waals surface area contributed by atoms with E-state index in [1.807, 2.05) is 24.3 Å². The summed E-state index contributed by atoms with van der Waals surface area (Å²) in [5.41, 5.74) is 1.71. The molecule has 112 valence electrons. The third-order valence-electron chi connectivity index (χ3n) is 3.35. The van der Waals surface area contributed by atoms with Crippen molar-refractivity contribution in [3.05, 3.63) is 70.2 Å². The summed E-state index contributed by atoms with van der Waals surface area (Å²) in [6.45, 7) is 2.91. The van der Waals surface area contributed by atoms with Gasteiger partial charge in [0.1, 0.15) is 0 Å². The van der Waals surface area contributed by atoms with Gasteiger partial charge in [0, 0.05) is 11.1 Å². The largest absolute Gasteiger partial charge is 0.310 e. The molecule has 1 atom stereocenters. The maximum Gasteiger partial charge on any atom is 0.159 e. The molecule has 0 amide bonds. The monoisotopic (exact) mass is 309 g/mol. The van der Waals surface area contributed by atoms with Gasteiger partial charge >= 0.3 is 0 Å². The molecule has 2 aromatic rings. The van der Waals surface area contributed by atoms with Crippen molar-refractivity contribution in [3.63, 3.8) is 0 Å². The minimum absolute atomic E-state index is 0.0245. The fourth-order valence-corrected chi connectivity index (χ4v) is 2.54. The number of halogens is 3. The van der Waals surface area contributed by atoms with Crippen LogP contribution >= 0.6 is 11.6 Å². The van der Waals surface area contributed by atoms with Gasteiger partial charge in [0.25, 0.3) is 0 Å². The molecular formula is C17H18ClF2N. The maximum atomic E-state index is 13.3. The summed E-state index contributed by atoms with van der Waals surface area (Å²) in [6, 6.07) is 11.6. The van der Waals surface area contributed by atoms with E-state index in [0.717, 1.165) is 30.2 Å². The summed E-state index contributed by atoms with van der Waals surface area (Å²) in [7, 11) is 0. The normalized spacial score (nSPS) is 12.4. The van der Waals surface area contributed by atoms with Gasteiger partial charge in [-0.3, -0.25) is 0 Å². The topological polar surface area (TPSA) is 12.0 Å². The molecule has 2 rings (SSSR count). The van der Waals surface area contributed by atoms with Gasteiger partial charge in [-0.2, -0.15) is 0 Å². The predicted octanol–water partition coefficient (Wildman–Crippen LogP) is 4.90. The second-order valence-corrected chi connectivity index (χ2v) is 5.39. The SMILES string of the molecule is CCCNC(Cc1ccc(F)c(F)c1)c1ccccc1Cl. The summed E-state index contributed by atoms with van der Waals surface area (Å²) in [5.74, 6) is -1.64. The van der Waals surface area contributed by atoms with Gasteiger partial charge in [0.15, 0.2) is 11.6 Å². The fraction of sp³-hybridized carbons (Fsp3) is 0.294. The maximum absolute atomic E-state index is 13.3. The average molecular weight is 310 g/mol. The Labute approximate surface area is 128 Å². The lowest BCUT2D eigenvalue weighted by Gasteiger charge is -2.20. The van der Waals surface area contributed by atoms with E-state index >= 15 is 0 Å². The molecule has 1 N–H and O–H groups in total.